The topological polar surface area (TPSA) is 84.7 Å². The Bertz CT molecular complexity index is 847. The van der Waals surface area contributed by atoms with Crippen LogP contribution in [0.25, 0.3) is 0 Å². The van der Waals surface area contributed by atoms with Crippen molar-refractivity contribution in [3.05, 3.63) is 63.7 Å². The Morgan fingerprint density at radius 1 is 1.22 bits per heavy atom. The van der Waals surface area contributed by atoms with E-state index in [0.717, 1.165) is 37.2 Å². The first-order chi connectivity index (χ1) is 13.0. The van der Waals surface area contributed by atoms with Gasteiger partial charge in [-0.05, 0) is 31.9 Å². The molecule has 1 amide bonds. The zero-order valence-corrected chi connectivity index (χ0v) is 15.5. The Kier molecular flexibility index (Phi) is 5.59. The summed E-state index contributed by atoms with van der Waals surface area (Å²) >= 11 is 0. The molecule has 1 aliphatic heterocycles. The predicted molar refractivity (Wildman–Crippen MR) is 103 cm³/mol. The lowest BCUT2D eigenvalue weighted by atomic mass is 10.1. The fraction of sp³-hybridized carbons (Fsp3) is 0.350. The number of methoxy groups -OCH3 is 1. The van der Waals surface area contributed by atoms with Crippen molar-refractivity contribution in [2.24, 2.45) is 0 Å². The number of ether oxygens (including phenoxy) is 1. The summed E-state index contributed by atoms with van der Waals surface area (Å²) in [5.41, 5.74) is 1.82. The normalized spacial score (nSPS) is 14.7. The largest absolute Gasteiger partial charge is 0.496 e. The van der Waals surface area contributed by atoms with Gasteiger partial charge in [0.1, 0.15) is 5.75 Å². The molecule has 1 unspecified atom stereocenters. The number of nitro groups is 1. The number of amides is 1. The number of nitrogens with zero attached hydrogens (tertiary/aromatic N) is 2. The molecule has 1 heterocycles. The van der Waals surface area contributed by atoms with Crippen LogP contribution in [0.3, 0.4) is 0 Å². The van der Waals surface area contributed by atoms with Crippen molar-refractivity contribution >= 4 is 17.3 Å². The molecule has 0 radical (unpaired) electrons. The molecule has 7 heteroatoms. The van der Waals surface area contributed by atoms with Gasteiger partial charge in [-0.15, -0.1) is 0 Å². The first-order valence-corrected chi connectivity index (χ1v) is 8.98. The van der Waals surface area contributed by atoms with Gasteiger partial charge in [-0.25, -0.2) is 0 Å². The van der Waals surface area contributed by atoms with Crippen molar-refractivity contribution in [1.29, 1.82) is 0 Å². The molecule has 0 spiro atoms. The number of para-hydroxylation sites is 1. The van der Waals surface area contributed by atoms with E-state index < -0.39 is 4.92 Å². The maximum atomic E-state index is 13.0. The molecule has 0 aliphatic carbocycles. The van der Waals surface area contributed by atoms with Crippen LogP contribution in [0, 0.1) is 10.1 Å². The van der Waals surface area contributed by atoms with Crippen LogP contribution in [0.5, 0.6) is 5.75 Å². The number of benzene rings is 2. The zero-order valence-electron chi connectivity index (χ0n) is 15.5. The SMILES string of the molecule is COc1ccccc1C(C)NC(=O)c1cc([N+](=O)[O-])ccc1N1CCCC1. The van der Waals surface area contributed by atoms with E-state index in [-0.39, 0.29) is 17.6 Å². The van der Waals surface area contributed by atoms with Gasteiger partial charge in [-0.1, -0.05) is 18.2 Å². The number of non-ortho nitro benzene ring substituents is 1. The Labute approximate surface area is 158 Å². The highest BCUT2D eigenvalue weighted by atomic mass is 16.6. The number of nitro benzene ring substituents is 1. The minimum atomic E-state index is -0.478. The van der Waals surface area contributed by atoms with E-state index >= 15 is 0 Å². The minimum absolute atomic E-state index is 0.0898. The van der Waals surface area contributed by atoms with E-state index in [4.69, 9.17) is 4.74 Å². The van der Waals surface area contributed by atoms with Crippen molar-refractivity contribution < 1.29 is 14.5 Å². The molecule has 2 aromatic rings. The molecule has 1 atom stereocenters. The molecule has 0 aromatic heterocycles. The van der Waals surface area contributed by atoms with Crippen LogP contribution in [-0.2, 0) is 0 Å². The number of nitrogens with one attached hydrogen (secondary N) is 1. The van der Waals surface area contributed by atoms with E-state index in [1.807, 2.05) is 31.2 Å². The first-order valence-electron chi connectivity index (χ1n) is 8.98. The molecule has 3 rings (SSSR count). The third kappa shape index (κ3) is 4.02. The Morgan fingerprint density at radius 3 is 2.59 bits per heavy atom. The average Bonchev–Trinajstić information content (AvgIpc) is 3.21. The molecule has 0 bridgehead atoms. The van der Waals surface area contributed by atoms with Crippen molar-refractivity contribution in [2.45, 2.75) is 25.8 Å². The molecule has 27 heavy (non-hydrogen) atoms. The summed E-state index contributed by atoms with van der Waals surface area (Å²) in [5.74, 6) is 0.350. The van der Waals surface area contributed by atoms with Gasteiger partial charge < -0.3 is 15.0 Å². The lowest BCUT2D eigenvalue weighted by molar-refractivity contribution is -0.384. The van der Waals surface area contributed by atoms with Crippen LogP contribution < -0.4 is 15.0 Å². The summed E-state index contributed by atoms with van der Waals surface area (Å²) in [6.07, 6.45) is 2.10. The first kappa shape index (κ1) is 18.7. The second-order valence-electron chi connectivity index (χ2n) is 6.59. The third-order valence-corrected chi connectivity index (χ3v) is 4.84. The van der Waals surface area contributed by atoms with Gasteiger partial charge in [0, 0.05) is 30.8 Å². The quantitative estimate of drug-likeness (QED) is 0.620. The van der Waals surface area contributed by atoms with Crippen LogP contribution in [0.15, 0.2) is 42.5 Å². The second-order valence-corrected chi connectivity index (χ2v) is 6.59. The van der Waals surface area contributed by atoms with Gasteiger partial charge in [-0.3, -0.25) is 14.9 Å². The van der Waals surface area contributed by atoms with E-state index in [9.17, 15) is 14.9 Å². The summed E-state index contributed by atoms with van der Waals surface area (Å²) in [6, 6.07) is 11.6. The fourth-order valence-electron chi connectivity index (χ4n) is 3.43. The van der Waals surface area contributed by atoms with Gasteiger partial charge in [0.15, 0.2) is 0 Å². The zero-order chi connectivity index (χ0) is 19.4. The standard InChI is InChI=1S/C20H23N3O4/c1-14(16-7-3-4-8-19(16)27-2)21-20(24)17-13-15(23(25)26)9-10-18(17)22-11-5-6-12-22/h3-4,7-10,13-14H,5-6,11-12H2,1-2H3,(H,21,24). The van der Waals surface area contributed by atoms with Gasteiger partial charge in [0.25, 0.3) is 11.6 Å². The van der Waals surface area contributed by atoms with Crippen LogP contribution >= 0.6 is 0 Å². The van der Waals surface area contributed by atoms with Crippen LogP contribution in [0.2, 0.25) is 0 Å². The molecule has 1 aliphatic rings. The van der Waals surface area contributed by atoms with Gasteiger partial charge in [0.05, 0.1) is 29.3 Å². The van der Waals surface area contributed by atoms with Crippen LogP contribution in [0.1, 0.15) is 41.7 Å². The molecule has 1 N–H and O–H groups in total. The highest BCUT2D eigenvalue weighted by Gasteiger charge is 2.24. The van der Waals surface area contributed by atoms with E-state index in [1.165, 1.54) is 12.1 Å². The monoisotopic (exact) mass is 369 g/mol. The summed E-state index contributed by atoms with van der Waals surface area (Å²) in [7, 11) is 1.58. The number of carbonyl (C=O) groups excluding carboxylic acids is 1. The molecule has 142 valence electrons. The molecule has 7 nitrogen and oxygen atoms in total. The van der Waals surface area contributed by atoms with Crippen LogP contribution in [0.4, 0.5) is 11.4 Å². The van der Waals surface area contributed by atoms with Gasteiger partial charge in [0.2, 0.25) is 0 Å². The summed E-state index contributed by atoms with van der Waals surface area (Å²) in [4.78, 5) is 25.8. The lowest BCUT2D eigenvalue weighted by Gasteiger charge is -2.22. The van der Waals surface area contributed by atoms with Crippen LogP contribution in [-0.4, -0.2) is 31.0 Å². The van der Waals surface area contributed by atoms with Gasteiger partial charge in [-0.2, -0.15) is 0 Å². The van der Waals surface area contributed by atoms with Crippen molar-refractivity contribution in [2.75, 3.05) is 25.1 Å². The summed E-state index contributed by atoms with van der Waals surface area (Å²) in [6.45, 7) is 3.56. The highest BCUT2D eigenvalue weighted by molar-refractivity contribution is 6.00. The molecule has 1 saturated heterocycles. The third-order valence-electron chi connectivity index (χ3n) is 4.84. The van der Waals surface area contributed by atoms with Crippen molar-refractivity contribution in [1.82, 2.24) is 5.32 Å². The van der Waals surface area contributed by atoms with Crippen molar-refractivity contribution in [3.8, 4) is 5.75 Å². The number of anilines is 1. The van der Waals surface area contributed by atoms with Crippen molar-refractivity contribution in [3.63, 3.8) is 0 Å². The van der Waals surface area contributed by atoms with Gasteiger partial charge >= 0.3 is 0 Å². The van der Waals surface area contributed by atoms with E-state index in [1.54, 1.807) is 13.2 Å². The number of carbonyl (C=O) groups is 1. The maximum Gasteiger partial charge on any atom is 0.270 e. The Morgan fingerprint density at radius 2 is 1.93 bits per heavy atom. The molecule has 2 aromatic carbocycles. The lowest BCUT2D eigenvalue weighted by Crippen LogP contribution is -2.29. The molecular weight excluding hydrogens is 346 g/mol. The smallest absolute Gasteiger partial charge is 0.270 e. The van der Waals surface area contributed by atoms with E-state index in [0.29, 0.717) is 11.3 Å². The second kappa shape index (κ2) is 8.07. The molecule has 0 saturated carbocycles. The fourth-order valence-corrected chi connectivity index (χ4v) is 3.43. The Balaban J connectivity index is 1.90. The summed E-state index contributed by atoms with van der Waals surface area (Å²) < 4.78 is 5.36. The minimum Gasteiger partial charge on any atom is -0.496 e. The molecule has 1 fully saturated rings. The summed E-state index contributed by atoms with van der Waals surface area (Å²) in [5, 5.41) is 14.1. The average molecular weight is 369 g/mol. The maximum absolute atomic E-state index is 13.0. The molecular formula is C20H23N3O4. The Hall–Kier alpha value is -3.09. The number of hydrogen-bond acceptors (Lipinski definition) is 5. The number of rotatable bonds is 6. The van der Waals surface area contributed by atoms with E-state index in [2.05, 4.69) is 10.2 Å². The predicted octanol–water partition coefficient (Wildman–Crippen LogP) is 3.69. The highest BCUT2D eigenvalue weighted by Crippen LogP contribution is 2.30. The number of hydrogen-bond donors (Lipinski definition) is 1.